The highest BCUT2D eigenvalue weighted by atomic mass is 19.4. The molecule has 1 unspecified atom stereocenters. The average molecular weight is 579 g/mol. The van der Waals surface area contributed by atoms with Crippen molar-refractivity contribution in [1.82, 2.24) is 10.3 Å². The average Bonchev–Trinajstić information content (AvgIpc) is 2.94. The number of aryl methyl sites for hydroxylation is 1. The van der Waals surface area contributed by atoms with Crippen LogP contribution in [0.1, 0.15) is 53.9 Å². The van der Waals surface area contributed by atoms with Crippen LogP contribution in [0.4, 0.5) is 17.6 Å². The quantitative estimate of drug-likeness (QED) is 0.194. The molecule has 3 rings (SSSR count). The molecule has 11 heteroatoms. The summed E-state index contributed by atoms with van der Waals surface area (Å²) in [6, 6.07) is 10.9. The molecule has 0 radical (unpaired) electrons. The van der Waals surface area contributed by atoms with Crippen molar-refractivity contribution in [2.24, 2.45) is 0 Å². The molecular weight excluding hydrogens is 544 g/mol. The first-order chi connectivity index (χ1) is 19.2. The predicted molar refractivity (Wildman–Crippen MR) is 146 cm³/mol. The number of halogens is 4. The number of hydrogen-bond acceptors (Lipinski definition) is 7. The van der Waals surface area contributed by atoms with E-state index in [0.717, 1.165) is 0 Å². The maximum Gasteiger partial charge on any atom is 0.422 e. The summed E-state index contributed by atoms with van der Waals surface area (Å²) in [5, 5.41) is 23.2. The Kier molecular flexibility index (Phi) is 9.78. The van der Waals surface area contributed by atoms with Crippen molar-refractivity contribution in [2.75, 3.05) is 27.4 Å². The summed E-state index contributed by atoms with van der Waals surface area (Å²) in [5.74, 6) is -0.726. The van der Waals surface area contributed by atoms with E-state index in [1.807, 2.05) is 0 Å². The number of aliphatic hydroxyl groups is 2. The standard InChI is InChI=1S/C30H34F4N2O5/c1-18-14-19(6-8-22(18)31)23-16-21(28(2,3)35-4)17-27(36-23)29(39,30(32,33)34)11-10-24(38)20-7-9-25(41-13-12-37)26(15-20)40-5/h6-9,14-17,35,37,39H,10-13H2,1-5H3. The zero-order valence-corrected chi connectivity index (χ0v) is 23.5. The number of ether oxygens (including phenoxy) is 2. The van der Waals surface area contributed by atoms with E-state index in [2.05, 4.69) is 10.3 Å². The Balaban J connectivity index is 2.05. The molecule has 41 heavy (non-hydrogen) atoms. The molecule has 222 valence electrons. The van der Waals surface area contributed by atoms with Crippen molar-refractivity contribution in [3.05, 3.63) is 76.7 Å². The first-order valence-corrected chi connectivity index (χ1v) is 12.9. The summed E-state index contributed by atoms with van der Waals surface area (Å²) in [6.07, 6.45) is -6.85. The van der Waals surface area contributed by atoms with E-state index in [-0.39, 0.29) is 41.5 Å². The number of benzene rings is 2. The Morgan fingerprint density at radius 2 is 1.76 bits per heavy atom. The number of aromatic nitrogens is 1. The van der Waals surface area contributed by atoms with Gasteiger partial charge < -0.3 is 25.0 Å². The third kappa shape index (κ3) is 7.03. The van der Waals surface area contributed by atoms with E-state index in [4.69, 9.17) is 14.6 Å². The predicted octanol–water partition coefficient (Wildman–Crippen LogP) is 5.44. The summed E-state index contributed by atoms with van der Waals surface area (Å²) in [6.45, 7) is 4.77. The van der Waals surface area contributed by atoms with Gasteiger partial charge in [-0.25, -0.2) is 9.37 Å². The van der Waals surface area contributed by atoms with Crippen LogP contribution >= 0.6 is 0 Å². The summed E-state index contributed by atoms with van der Waals surface area (Å²) in [4.78, 5) is 17.2. The van der Waals surface area contributed by atoms with Gasteiger partial charge >= 0.3 is 6.18 Å². The number of pyridine rings is 1. The molecule has 2 aromatic carbocycles. The van der Waals surface area contributed by atoms with Crippen LogP contribution in [0.3, 0.4) is 0 Å². The van der Waals surface area contributed by atoms with Gasteiger partial charge in [-0.2, -0.15) is 13.2 Å². The van der Waals surface area contributed by atoms with E-state index in [1.54, 1.807) is 27.0 Å². The number of carbonyl (C=O) groups excluding carboxylic acids is 1. The Labute approximate surface area is 236 Å². The number of rotatable bonds is 12. The molecule has 0 bridgehead atoms. The highest BCUT2D eigenvalue weighted by Gasteiger charge is 2.56. The van der Waals surface area contributed by atoms with E-state index in [0.29, 0.717) is 11.1 Å². The van der Waals surface area contributed by atoms with Gasteiger partial charge in [0, 0.05) is 23.1 Å². The fourth-order valence-corrected chi connectivity index (χ4v) is 4.17. The van der Waals surface area contributed by atoms with Crippen LogP contribution in [-0.2, 0) is 11.1 Å². The molecular formula is C30H34F4N2O5. The molecule has 1 aromatic heterocycles. The van der Waals surface area contributed by atoms with E-state index < -0.39 is 47.5 Å². The monoisotopic (exact) mass is 578 g/mol. The van der Waals surface area contributed by atoms with Crippen LogP contribution in [0.15, 0.2) is 48.5 Å². The molecule has 0 saturated heterocycles. The third-order valence-corrected chi connectivity index (χ3v) is 7.07. The van der Waals surface area contributed by atoms with Crippen LogP contribution in [0.2, 0.25) is 0 Å². The largest absolute Gasteiger partial charge is 0.493 e. The number of methoxy groups -OCH3 is 1. The van der Waals surface area contributed by atoms with Gasteiger partial charge in [0.15, 0.2) is 17.3 Å². The summed E-state index contributed by atoms with van der Waals surface area (Å²) < 4.78 is 68.2. The summed E-state index contributed by atoms with van der Waals surface area (Å²) in [7, 11) is 2.98. The molecule has 0 aliphatic carbocycles. The van der Waals surface area contributed by atoms with Gasteiger partial charge in [0.25, 0.3) is 0 Å². The van der Waals surface area contributed by atoms with Crippen molar-refractivity contribution in [2.45, 2.75) is 50.9 Å². The highest BCUT2D eigenvalue weighted by molar-refractivity contribution is 5.96. The van der Waals surface area contributed by atoms with Gasteiger partial charge in [-0.1, -0.05) is 0 Å². The number of aliphatic hydroxyl groups excluding tert-OH is 1. The fourth-order valence-electron chi connectivity index (χ4n) is 4.17. The molecule has 3 aromatic rings. The minimum Gasteiger partial charge on any atom is -0.493 e. The molecule has 0 amide bonds. The van der Waals surface area contributed by atoms with Gasteiger partial charge in [-0.05, 0) is 93.9 Å². The smallest absolute Gasteiger partial charge is 0.422 e. The lowest BCUT2D eigenvalue weighted by atomic mass is 9.86. The molecule has 0 aliphatic rings. The first kappa shape index (κ1) is 32.0. The number of Topliss-reactive ketones (excluding diaryl/α,β-unsaturated/α-hetero) is 1. The lowest BCUT2D eigenvalue weighted by molar-refractivity contribution is -0.270. The molecule has 0 spiro atoms. The summed E-state index contributed by atoms with van der Waals surface area (Å²) >= 11 is 0. The zero-order chi connectivity index (χ0) is 30.6. The van der Waals surface area contributed by atoms with Crippen LogP contribution in [-0.4, -0.2) is 54.5 Å². The molecule has 0 fully saturated rings. The first-order valence-electron chi connectivity index (χ1n) is 12.9. The normalized spacial score (nSPS) is 13.5. The SMILES string of the molecule is CNC(C)(C)c1cc(-c2ccc(F)c(C)c2)nc(C(O)(CCC(=O)c2ccc(OCCO)c(OC)c2)C(F)(F)F)c1. The van der Waals surface area contributed by atoms with Gasteiger partial charge in [0.1, 0.15) is 12.4 Å². The Morgan fingerprint density at radius 3 is 2.34 bits per heavy atom. The van der Waals surface area contributed by atoms with E-state index in [1.165, 1.54) is 56.5 Å². The van der Waals surface area contributed by atoms with Crippen LogP contribution in [0, 0.1) is 12.7 Å². The van der Waals surface area contributed by atoms with Gasteiger partial charge in [-0.3, -0.25) is 4.79 Å². The second-order valence-electron chi connectivity index (χ2n) is 10.2. The number of hydrogen-bond donors (Lipinski definition) is 3. The molecule has 1 heterocycles. The lowest BCUT2D eigenvalue weighted by Gasteiger charge is -2.32. The Morgan fingerprint density at radius 1 is 1.05 bits per heavy atom. The maximum absolute atomic E-state index is 14.6. The van der Waals surface area contributed by atoms with Crippen molar-refractivity contribution in [3.8, 4) is 22.8 Å². The van der Waals surface area contributed by atoms with Gasteiger partial charge in [0.05, 0.1) is 25.1 Å². The number of nitrogens with zero attached hydrogens (tertiary/aromatic N) is 1. The number of nitrogens with one attached hydrogen (secondary N) is 1. The second kappa shape index (κ2) is 12.5. The zero-order valence-electron chi connectivity index (χ0n) is 23.5. The number of ketones is 1. The maximum atomic E-state index is 14.6. The van der Waals surface area contributed by atoms with Crippen molar-refractivity contribution < 1.29 is 42.0 Å². The molecule has 1 atom stereocenters. The van der Waals surface area contributed by atoms with Gasteiger partial charge in [-0.15, -0.1) is 0 Å². The second-order valence-corrected chi connectivity index (χ2v) is 10.2. The van der Waals surface area contributed by atoms with E-state index in [9.17, 15) is 27.5 Å². The topological polar surface area (TPSA) is 101 Å². The molecule has 0 aliphatic heterocycles. The van der Waals surface area contributed by atoms with Crippen LogP contribution in [0.5, 0.6) is 11.5 Å². The van der Waals surface area contributed by atoms with Crippen molar-refractivity contribution >= 4 is 5.78 Å². The number of carbonyl (C=O) groups is 1. The van der Waals surface area contributed by atoms with Crippen LogP contribution in [0.25, 0.3) is 11.3 Å². The Bertz CT molecular complexity index is 1390. The molecule has 0 saturated carbocycles. The third-order valence-electron chi connectivity index (χ3n) is 7.07. The molecule has 3 N–H and O–H groups in total. The minimum atomic E-state index is -5.18. The van der Waals surface area contributed by atoms with Crippen molar-refractivity contribution in [1.29, 1.82) is 0 Å². The molecule has 7 nitrogen and oxygen atoms in total. The van der Waals surface area contributed by atoms with Gasteiger partial charge in [0.2, 0.25) is 5.60 Å². The van der Waals surface area contributed by atoms with Crippen molar-refractivity contribution in [3.63, 3.8) is 0 Å². The fraction of sp³-hybridized carbons (Fsp3) is 0.400. The Hall–Kier alpha value is -3.54. The number of alkyl halides is 3. The van der Waals surface area contributed by atoms with E-state index >= 15 is 0 Å². The minimum absolute atomic E-state index is 0.0157. The lowest BCUT2D eigenvalue weighted by Crippen LogP contribution is -2.44. The highest BCUT2D eigenvalue weighted by Crippen LogP contribution is 2.44. The summed E-state index contributed by atoms with van der Waals surface area (Å²) in [5.41, 5.74) is -3.75. The van der Waals surface area contributed by atoms with Crippen LogP contribution < -0.4 is 14.8 Å².